The Hall–Kier alpha value is -1.26. The molecule has 114 valence electrons. The van der Waals surface area contributed by atoms with Crippen LogP contribution in [0.15, 0.2) is 47.9 Å². The molecule has 0 saturated heterocycles. The molecule has 0 bridgehead atoms. The molecule has 0 aliphatic carbocycles. The Kier molecular flexibility index (Phi) is 6.83. The summed E-state index contributed by atoms with van der Waals surface area (Å²) in [5.74, 6) is 0. The third-order valence-electron chi connectivity index (χ3n) is 3.70. The van der Waals surface area contributed by atoms with E-state index in [0.29, 0.717) is 0 Å². The Morgan fingerprint density at radius 3 is 2.57 bits per heavy atom. The second kappa shape index (κ2) is 8.90. The molecule has 21 heavy (non-hydrogen) atoms. The average molecular weight is 304 g/mol. The minimum absolute atomic E-state index is 0.324. The fraction of sp³-hybridized carbons (Fsp3) is 0.471. The molecule has 0 radical (unpaired) electrons. The van der Waals surface area contributed by atoms with Crippen LogP contribution >= 0.6 is 11.8 Å². The summed E-state index contributed by atoms with van der Waals surface area (Å²) < 4.78 is 2.11. The van der Waals surface area contributed by atoms with E-state index in [9.17, 15) is 5.11 Å². The van der Waals surface area contributed by atoms with Crippen molar-refractivity contribution >= 4 is 11.8 Å². The maximum Gasteiger partial charge on any atom is 0.0945 e. The van der Waals surface area contributed by atoms with Gasteiger partial charge in [-0.1, -0.05) is 31.4 Å². The molecule has 2 rings (SSSR count). The van der Waals surface area contributed by atoms with Crippen LogP contribution in [0.25, 0.3) is 0 Å². The lowest BCUT2D eigenvalue weighted by Crippen LogP contribution is -1.98. The largest absolute Gasteiger partial charge is 0.388 e. The number of benzene rings is 1. The van der Waals surface area contributed by atoms with Gasteiger partial charge < -0.3 is 9.67 Å². The van der Waals surface area contributed by atoms with Gasteiger partial charge in [-0.3, -0.25) is 0 Å². The first-order valence-corrected chi connectivity index (χ1v) is 8.80. The van der Waals surface area contributed by atoms with Crippen molar-refractivity contribution in [3.63, 3.8) is 0 Å². The Labute approximate surface area is 131 Å². The van der Waals surface area contributed by atoms with Gasteiger partial charge in [0.15, 0.2) is 0 Å². The van der Waals surface area contributed by atoms with Crippen LogP contribution in [-0.2, 0) is 6.54 Å². The van der Waals surface area contributed by atoms with Gasteiger partial charge in [0.05, 0.1) is 12.4 Å². The van der Waals surface area contributed by atoms with Gasteiger partial charge in [0.25, 0.3) is 0 Å². The zero-order valence-corrected chi connectivity index (χ0v) is 13.4. The molecule has 0 fully saturated rings. The Morgan fingerprint density at radius 1 is 1.14 bits per heavy atom. The van der Waals surface area contributed by atoms with Gasteiger partial charge in [0, 0.05) is 23.8 Å². The smallest absolute Gasteiger partial charge is 0.0945 e. The number of rotatable bonds is 9. The van der Waals surface area contributed by atoms with Crippen LogP contribution in [0.3, 0.4) is 0 Å². The lowest BCUT2D eigenvalue weighted by atomic mass is 10.0. The lowest BCUT2D eigenvalue weighted by Gasteiger charge is -2.11. The molecule has 3 nitrogen and oxygen atoms in total. The van der Waals surface area contributed by atoms with E-state index in [1.807, 2.05) is 30.9 Å². The van der Waals surface area contributed by atoms with E-state index in [2.05, 4.69) is 27.9 Å². The van der Waals surface area contributed by atoms with Crippen molar-refractivity contribution in [1.29, 1.82) is 0 Å². The van der Waals surface area contributed by atoms with Crippen molar-refractivity contribution in [1.82, 2.24) is 9.55 Å². The molecule has 0 spiro atoms. The van der Waals surface area contributed by atoms with Gasteiger partial charge in [-0.05, 0) is 36.8 Å². The van der Waals surface area contributed by atoms with Crippen molar-refractivity contribution in [3.8, 4) is 0 Å². The minimum Gasteiger partial charge on any atom is -0.388 e. The number of aromatic nitrogens is 2. The van der Waals surface area contributed by atoms with Crippen LogP contribution in [0.5, 0.6) is 0 Å². The molecule has 0 amide bonds. The summed E-state index contributed by atoms with van der Waals surface area (Å²) in [4.78, 5) is 5.28. The highest BCUT2D eigenvalue weighted by Gasteiger charge is 2.06. The van der Waals surface area contributed by atoms with E-state index >= 15 is 0 Å². The third kappa shape index (κ3) is 5.56. The quantitative estimate of drug-likeness (QED) is 0.555. The monoisotopic (exact) mass is 304 g/mol. The van der Waals surface area contributed by atoms with E-state index in [0.717, 1.165) is 24.9 Å². The van der Waals surface area contributed by atoms with Crippen LogP contribution in [0.2, 0.25) is 0 Å². The lowest BCUT2D eigenvalue weighted by molar-refractivity contribution is 0.163. The molecule has 0 aliphatic heterocycles. The fourth-order valence-electron chi connectivity index (χ4n) is 2.40. The summed E-state index contributed by atoms with van der Waals surface area (Å²) in [5, 5.41) is 10.2. The van der Waals surface area contributed by atoms with Gasteiger partial charge in [-0.2, -0.15) is 0 Å². The maximum absolute atomic E-state index is 10.2. The molecular formula is C17H24N2OS. The predicted molar refractivity (Wildman–Crippen MR) is 88.5 cm³/mol. The number of unbranched alkanes of at least 4 members (excludes halogenated alkanes) is 3. The van der Waals surface area contributed by atoms with Gasteiger partial charge in [-0.15, -0.1) is 11.8 Å². The number of imidazole rings is 1. The first-order valence-electron chi connectivity index (χ1n) is 7.57. The number of hydrogen-bond donors (Lipinski definition) is 1. The predicted octanol–water partition coefficient (Wildman–Crippen LogP) is 4.29. The highest BCUT2D eigenvalue weighted by Crippen LogP contribution is 2.23. The van der Waals surface area contributed by atoms with Crippen LogP contribution < -0.4 is 0 Å². The first-order chi connectivity index (χ1) is 10.3. The zero-order valence-electron chi connectivity index (χ0n) is 12.6. The van der Waals surface area contributed by atoms with Crippen molar-refractivity contribution in [3.05, 3.63) is 48.5 Å². The van der Waals surface area contributed by atoms with Crippen molar-refractivity contribution < 1.29 is 5.11 Å². The van der Waals surface area contributed by atoms with Crippen molar-refractivity contribution in [2.75, 3.05) is 6.26 Å². The second-order valence-corrected chi connectivity index (χ2v) is 6.17. The van der Waals surface area contributed by atoms with E-state index in [1.54, 1.807) is 11.8 Å². The number of hydrogen-bond acceptors (Lipinski definition) is 3. The number of aliphatic hydroxyl groups excluding tert-OH is 1. The number of nitrogens with zero attached hydrogens (tertiary/aromatic N) is 2. The van der Waals surface area contributed by atoms with E-state index in [4.69, 9.17) is 0 Å². The Balaban J connectivity index is 1.59. The highest BCUT2D eigenvalue weighted by molar-refractivity contribution is 7.98. The fourth-order valence-corrected chi connectivity index (χ4v) is 2.81. The van der Waals surface area contributed by atoms with E-state index in [-0.39, 0.29) is 6.10 Å². The van der Waals surface area contributed by atoms with Crippen LogP contribution in [0, 0.1) is 0 Å². The summed E-state index contributed by atoms with van der Waals surface area (Å²) in [5.41, 5.74) is 1.03. The standard InChI is InChI=1S/C17H24N2OS/c1-21-16-9-7-15(8-10-16)17(20)6-4-2-3-5-12-19-13-11-18-14-19/h7-11,13-14,17,20H,2-6,12H2,1H3. The number of aliphatic hydroxyl groups is 1. The number of aryl methyl sites for hydroxylation is 1. The summed E-state index contributed by atoms with van der Waals surface area (Å²) in [6.07, 6.45) is 12.9. The number of thioether (sulfide) groups is 1. The summed E-state index contributed by atoms with van der Waals surface area (Å²) in [6.45, 7) is 1.04. The van der Waals surface area contributed by atoms with E-state index < -0.39 is 0 Å². The molecule has 0 aliphatic rings. The van der Waals surface area contributed by atoms with Gasteiger partial charge in [0.1, 0.15) is 0 Å². The second-order valence-electron chi connectivity index (χ2n) is 5.29. The molecule has 1 atom stereocenters. The molecule has 4 heteroatoms. The first kappa shape index (κ1) is 16.1. The normalized spacial score (nSPS) is 12.5. The average Bonchev–Trinajstić information content (AvgIpc) is 3.04. The third-order valence-corrected chi connectivity index (χ3v) is 4.45. The molecule has 1 N–H and O–H groups in total. The van der Waals surface area contributed by atoms with Crippen LogP contribution in [0.1, 0.15) is 43.8 Å². The Morgan fingerprint density at radius 2 is 1.90 bits per heavy atom. The molecule has 2 aromatic rings. The molecule has 1 aromatic carbocycles. The van der Waals surface area contributed by atoms with Crippen LogP contribution in [-0.4, -0.2) is 20.9 Å². The van der Waals surface area contributed by atoms with Gasteiger partial charge >= 0.3 is 0 Å². The minimum atomic E-state index is -0.324. The highest BCUT2D eigenvalue weighted by atomic mass is 32.2. The molecule has 0 saturated carbocycles. The summed E-state index contributed by atoms with van der Waals surface area (Å²) >= 11 is 1.73. The molecule has 1 aromatic heterocycles. The SMILES string of the molecule is CSc1ccc(C(O)CCCCCCn2ccnc2)cc1. The van der Waals surface area contributed by atoms with Gasteiger partial charge in [-0.25, -0.2) is 4.98 Å². The maximum atomic E-state index is 10.2. The Bertz CT molecular complexity index is 496. The van der Waals surface area contributed by atoms with Gasteiger partial charge in [0.2, 0.25) is 0 Å². The van der Waals surface area contributed by atoms with Crippen LogP contribution in [0.4, 0.5) is 0 Å². The molecule has 1 unspecified atom stereocenters. The summed E-state index contributed by atoms with van der Waals surface area (Å²) in [7, 11) is 0. The summed E-state index contributed by atoms with van der Waals surface area (Å²) in [6, 6.07) is 8.23. The zero-order chi connectivity index (χ0) is 14.9. The molecule has 1 heterocycles. The van der Waals surface area contributed by atoms with Crippen molar-refractivity contribution in [2.24, 2.45) is 0 Å². The van der Waals surface area contributed by atoms with E-state index in [1.165, 1.54) is 24.2 Å². The van der Waals surface area contributed by atoms with Crippen molar-refractivity contribution in [2.45, 2.75) is 49.6 Å². The topological polar surface area (TPSA) is 38.0 Å². The molecular weight excluding hydrogens is 280 g/mol.